The molecule has 1 atom stereocenters. The van der Waals surface area contributed by atoms with E-state index in [1.165, 1.54) is 13.0 Å². The average molecular weight is 273 g/mol. The molecule has 0 aromatic heterocycles. The third kappa shape index (κ3) is 3.97. The molecule has 0 bridgehead atoms. The lowest BCUT2D eigenvalue weighted by atomic mass is 10.2. The van der Waals surface area contributed by atoms with Gasteiger partial charge in [-0.25, -0.2) is 13.1 Å². The minimum Gasteiger partial charge on any atom is -0.494 e. The van der Waals surface area contributed by atoms with Crippen LogP contribution in [0.3, 0.4) is 0 Å². The van der Waals surface area contributed by atoms with Crippen molar-refractivity contribution < 1.29 is 18.3 Å². The smallest absolute Gasteiger partial charge is 0.240 e. The second-order valence-corrected chi connectivity index (χ2v) is 5.83. The molecule has 1 aromatic carbocycles. The predicted molar refractivity (Wildman–Crippen MR) is 69.2 cm³/mol. The van der Waals surface area contributed by atoms with Gasteiger partial charge in [-0.1, -0.05) is 0 Å². The Morgan fingerprint density at radius 1 is 1.44 bits per heavy atom. The van der Waals surface area contributed by atoms with Gasteiger partial charge in [0.25, 0.3) is 0 Å². The number of ether oxygens (including phenoxy) is 1. The number of sulfonamides is 1. The largest absolute Gasteiger partial charge is 0.494 e. The van der Waals surface area contributed by atoms with Gasteiger partial charge in [0.15, 0.2) is 0 Å². The van der Waals surface area contributed by atoms with Crippen molar-refractivity contribution in [1.29, 1.82) is 0 Å². The quantitative estimate of drug-likeness (QED) is 0.812. The number of hydrogen-bond donors (Lipinski definition) is 2. The van der Waals surface area contributed by atoms with Crippen LogP contribution in [0.15, 0.2) is 23.1 Å². The molecule has 0 radical (unpaired) electrons. The van der Waals surface area contributed by atoms with E-state index in [1.54, 1.807) is 19.1 Å². The van der Waals surface area contributed by atoms with Gasteiger partial charge in [-0.2, -0.15) is 0 Å². The molecule has 0 spiro atoms. The molecule has 0 heterocycles. The number of rotatable bonds is 6. The molecule has 2 N–H and O–H groups in total. The van der Waals surface area contributed by atoms with E-state index in [1.807, 2.05) is 6.92 Å². The topological polar surface area (TPSA) is 75.6 Å². The molecule has 1 aromatic rings. The lowest BCUT2D eigenvalue weighted by molar-refractivity contribution is 0.198. The van der Waals surface area contributed by atoms with E-state index in [9.17, 15) is 8.42 Å². The Bertz CT molecular complexity index is 497. The van der Waals surface area contributed by atoms with E-state index in [2.05, 4.69) is 4.72 Å². The Morgan fingerprint density at radius 3 is 2.61 bits per heavy atom. The maximum atomic E-state index is 11.9. The van der Waals surface area contributed by atoms with Gasteiger partial charge in [-0.3, -0.25) is 0 Å². The predicted octanol–water partition coefficient (Wildman–Crippen LogP) is 1.05. The van der Waals surface area contributed by atoms with E-state index in [0.717, 1.165) is 5.56 Å². The van der Waals surface area contributed by atoms with Crippen LogP contribution in [0.25, 0.3) is 0 Å². The number of aliphatic hydroxyl groups excluding tert-OH is 1. The number of aryl methyl sites for hydroxylation is 1. The SMILES string of the molecule is CCOc1ccc(S(=O)(=O)NC[C@H](C)O)cc1C. The zero-order valence-electron chi connectivity index (χ0n) is 10.8. The zero-order valence-corrected chi connectivity index (χ0v) is 11.6. The van der Waals surface area contributed by atoms with Crippen molar-refractivity contribution in [2.45, 2.75) is 31.8 Å². The number of nitrogens with one attached hydrogen (secondary N) is 1. The Morgan fingerprint density at radius 2 is 2.11 bits per heavy atom. The Balaban J connectivity index is 2.93. The first kappa shape index (κ1) is 14.9. The minimum atomic E-state index is -3.58. The van der Waals surface area contributed by atoms with Gasteiger partial charge in [0.1, 0.15) is 5.75 Å². The molecule has 102 valence electrons. The normalized spacial score (nSPS) is 13.3. The summed E-state index contributed by atoms with van der Waals surface area (Å²) in [4.78, 5) is 0.170. The highest BCUT2D eigenvalue weighted by atomic mass is 32.2. The third-order valence-electron chi connectivity index (χ3n) is 2.33. The summed E-state index contributed by atoms with van der Waals surface area (Å²) in [6.45, 7) is 5.71. The van der Waals surface area contributed by atoms with Crippen LogP contribution in [-0.2, 0) is 10.0 Å². The van der Waals surface area contributed by atoms with E-state index >= 15 is 0 Å². The highest BCUT2D eigenvalue weighted by Gasteiger charge is 2.15. The fraction of sp³-hybridized carbons (Fsp3) is 0.500. The minimum absolute atomic E-state index is 0.00536. The fourth-order valence-electron chi connectivity index (χ4n) is 1.42. The fourth-order valence-corrected chi connectivity index (χ4v) is 2.63. The summed E-state index contributed by atoms with van der Waals surface area (Å²) in [6.07, 6.45) is -0.719. The van der Waals surface area contributed by atoms with Crippen LogP contribution in [0.5, 0.6) is 5.75 Å². The highest BCUT2D eigenvalue weighted by molar-refractivity contribution is 7.89. The first-order chi connectivity index (χ1) is 8.36. The number of aliphatic hydroxyl groups is 1. The van der Waals surface area contributed by atoms with Gasteiger partial charge in [0.2, 0.25) is 10.0 Å². The molecule has 0 saturated carbocycles. The summed E-state index contributed by atoms with van der Waals surface area (Å²) in [5, 5.41) is 9.08. The van der Waals surface area contributed by atoms with Gasteiger partial charge in [0, 0.05) is 6.54 Å². The van der Waals surface area contributed by atoms with Crippen LogP contribution in [-0.4, -0.2) is 32.8 Å². The Hall–Kier alpha value is -1.11. The van der Waals surface area contributed by atoms with Crippen LogP contribution in [0.4, 0.5) is 0 Å². The second kappa shape index (κ2) is 6.17. The summed E-state index contributed by atoms with van der Waals surface area (Å²) in [7, 11) is -3.58. The van der Waals surface area contributed by atoms with Crippen molar-refractivity contribution in [2.75, 3.05) is 13.2 Å². The van der Waals surface area contributed by atoms with Crippen molar-refractivity contribution >= 4 is 10.0 Å². The highest BCUT2D eigenvalue weighted by Crippen LogP contribution is 2.21. The maximum absolute atomic E-state index is 11.9. The van der Waals surface area contributed by atoms with Crippen LogP contribution in [0.2, 0.25) is 0 Å². The van der Waals surface area contributed by atoms with Crippen molar-refractivity contribution in [3.05, 3.63) is 23.8 Å². The van der Waals surface area contributed by atoms with E-state index in [0.29, 0.717) is 12.4 Å². The van der Waals surface area contributed by atoms with E-state index < -0.39 is 16.1 Å². The third-order valence-corrected chi connectivity index (χ3v) is 3.75. The molecule has 0 saturated heterocycles. The van der Waals surface area contributed by atoms with Gasteiger partial charge in [-0.15, -0.1) is 0 Å². The second-order valence-electron chi connectivity index (χ2n) is 4.06. The number of benzene rings is 1. The maximum Gasteiger partial charge on any atom is 0.240 e. The van der Waals surface area contributed by atoms with Crippen LogP contribution in [0, 0.1) is 6.92 Å². The summed E-state index contributed by atoms with van der Waals surface area (Å²) in [5.41, 5.74) is 0.761. The zero-order chi connectivity index (χ0) is 13.8. The monoisotopic (exact) mass is 273 g/mol. The molecular formula is C12H19NO4S. The summed E-state index contributed by atoms with van der Waals surface area (Å²) >= 11 is 0. The van der Waals surface area contributed by atoms with Gasteiger partial charge >= 0.3 is 0 Å². The summed E-state index contributed by atoms with van der Waals surface area (Å²) < 4.78 is 31.5. The van der Waals surface area contributed by atoms with E-state index in [-0.39, 0.29) is 11.4 Å². The molecular weight excluding hydrogens is 254 g/mol. The molecule has 5 nitrogen and oxygen atoms in total. The van der Waals surface area contributed by atoms with Crippen molar-refractivity contribution in [3.8, 4) is 5.75 Å². The molecule has 6 heteroatoms. The van der Waals surface area contributed by atoms with Gasteiger partial charge < -0.3 is 9.84 Å². The van der Waals surface area contributed by atoms with Gasteiger partial charge in [-0.05, 0) is 44.5 Å². The molecule has 0 aliphatic carbocycles. The Kier molecular flexibility index (Phi) is 5.13. The lowest BCUT2D eigenvalue weighted by Gasteiger charge is -2.11. The molecule has 0 aliphatic rings. The molecule has 18 heavy (non-hydrogen) atoms. The van der Waals surface area contributed by atoms with Gasteiger partial charge in [0.05, 0.1) is 17.6 Å². The molecule has 0 aliphatic heterocycles. The average Bonchev–Trinajstić information content (AvgIpc) is 2.29. The van der Waals surface area contributed by atoms with Crippen LogP contribution in [0.1, 0.15) is 19.4 Å². The molecule has 1 rings (SSSR count). The first-order valence-corrected chi connectivity index (χ1v) is 7.26. The summed E-state index contributed by atoms with van der Waals surface area (Å²) in [5.74, 6) is 0.673. The standard InChI is InChI=1S/C12H19NO4S/c1-4-17-12-6-5-11(7-9(12)2)18(15,16)13-8-10(3)14/h5-7,10,13-14H,4,8H2,1-3H3/t10-/m0/s1. The van der Waals surface area contributed by atoms with Crippen molar-refractivity contribution in [3.63, 3.8) is 0 Å². The van der Waals surface area contributed by atoms with Crippen LogP contribution < -0.4 is 9.46 Å². The van der Waals surface area contributed by atoms with Crippen molar-refractivity contribution in [2.24, 2.45) is 0 Å². The number of hydrogen-bond acceptors (Lipinski definition) is 4. The molecule has 0 amide bonds. The molecule has 0 unspecified atom stereocenters. The first-order valence-electron chi connectivity index (χ1n) is 5.78. The van der Waals surface area contributed by atoms with Crippen LogP contribution >= 0.6 is 0 Å². The lowest BCUT2D eigenvalue weighted by Crippen LogP contribution is -2.30. The van der Waals surface area contributed by atoms with Crippen molar-refractivity contribution in [1.82, 2.24) is 4.72 Å². The molecule has 0 fully saturated rings. The summed E-state index contributed by atoms with van der Waals surface area (Å²) in [6, 6.07) is 4.67. The Labute approximate surface area is 108 Å². The van der Waals surface area contributed by atoms with E-state index in [4.69, 9.17) is 9.84 Å².